The van der Waals surface area contributed by atoms with Gasteiger partial charge in [0.2, 0.25) is 5.91 Å². The van der Waals surface area contributed by atoms with Gasteiger partial charge >= 0.3 is 0 Å². The van der Waals surface area contributed by atoms with Crippen LogP contribution in [-0.2, 0) is 17.8 Å². The van der Waals surface area contributed by atoms with Crippen LogP contribution in [0.4, 0.5) is 5.69 Å². The third kappa shape index (κ3) is 6.14. The van der Waals surface area contributed by atoms with Crippen molar-refractivity contribution in [3.8, 4) is 11.5 Å². The lowest BCUT2D eigenvalue weighted by atomic mass is 10.0. The van der Waals surface area contributed by atoms with Crippen LogP contribution in [0.3, 0.4) is 0 Å². The molecule has 0 unspecified atom stereocenters. The Hall–Kier alpha value is -2.77. The number of carbonyl (C=O) groups is 1. The third-order valence-electron chi connectivity index (χ3n) is 5.41. The lowest BCUT2D eigenvalue weighted by molar-refractivity contribution is -0.121. The summed E-state index contributed by atoms with van der Waals surface area (Å²) >= 11 is 7.39. The molecule has 8 heteroatoms. The zero-order chi connectivity index (χ0) is 22.3. The number of amides is 1. The minimum Gasteiger partial charge on any atom is -0.497 e. The van der Waals surface area contributed by atoms with E-state index in [2.05, 4.69) is 27.3 Å². The number of piperidine rings is 1. The van der Waals surface area contributed by atoms with Gasteiger partial charge in [0.25, 0.3) is 0 Å². The van der Waals surface area contributed by atoms with Crippen molar-refractivity contribution in [2.24, 2.45) is 0 Å². The van der Waals surface area contributed by atoms with Crippen LogP contribution in [0.1, 0.15) is 23.5 Å². The Morgan fingerprint density at radius 1 is 1.12 bits per heavy atom. The summed E-state index contributed by atoms with van der Waals surface area (Å²) in [6.07, 6.45) is 2.14. The molecule has 1 fully saturated rings. The number of nitrogens with one attached hydrogen (secondary N) is 1. The summed E-state index contributed by atoms with van der Waals surface area (Å²) in [4.78, 5) is 19.4. The first-order valence-electron chi connectivity index (χ1n) is 10.6. The van der Waals surface area contributed by atoms with Crippen molar-refractivity contribution in [1.29, 1.82) is 0 Å². The molecular weight excluding hydrogens is 446 g/mol. The van der Waals surface area contributed by atoms with Gasteiger partial charge in [0.05, 0.1) is 19.2 Å². The van der Waals surface area contributed by atoms with Crippen LogP contribution in [-0.4, -0.2) is 37.1 Å². The lowest BCUT2D eigenvalue weighted by Crippen LogP contribution is -2.45. The smallest absolute Gasteiger partial charge is 0.226 e. The van der Waals surface area contributed by atoms with E-state index in [0.717, 1.165) is 48.1 Å². The van der Waals surface area contributed by atoms with Crippen LogP contribution in [0.15, 0.2) is 53.9 Å². The molecule has 4 rings (SSSR count). The van der Waals surface area contributed by atoms with Crippen LogP contribution in [0.5, 0.6) is 11.5 Å². The van der Waals surface area contributed by atoms with Gasteiger partial charge in [-0.15, -0.1) is 11.3 Å². The summed E-state index contributed by atoms with van der Waals surface area (Å²) in [7, 11) is 1.67. The van der Waals surface area contributed by atoms with Crippen molar-refractivity contribution < 1.29 is 14.3 Å². The van der Waals surface area contributed by atoms with Gasteiger partial charge in [0.15, 0.2) is 0 Å². The first kappa shape index (κ1) is 22.4. The minimum absolute atomic E-state index is 0.0170. The van der Waals surface area contributed by atoms with Crippen molar-refractivity contribution in [2.45, 2.75) is 31.9 Å². The first-order chi connectivity index (χ1) is 15.6. The van der Waals surface area contributed by atoms with Gasteiger partial charge in [-0.1, -0.05) is 11.6 Å². The second-order valence-electron chi connectivity index (χ2n) is 7.68. The highest BCUT2D eigenvalue weighted by atomic mass is 35.5. The first-order valence-corrected chi connectivity index (χ1v) is 11.8. The van der Waals surface area contributed by atoms with Gasteiger partial charge in [-0.25, -0.2) is 4.98 Å². The number of nitrogens with zero attached hydrogens (tertiary/aromatic N) is 2. The normalized spacial score (nSPS) is 14.2. The highest BCUT2D eigenvalue weighted by Gasteiger charge is 2.21. The van der Waals surface area contributed by atoms with Crippen molar-refractivity contribution in [2.75, 3.05) is 25.1 Å². The molecule has 1 amide bonds. The average Bonchev–Trinajstić information content (AvgIpc) is 3.26. The number of aromatic nitrogens is 1. The highest BCUT2D eigenvalue weighted by molar-refractivity contribution is 7.09. The second-order valence-corrected chi connectivity index (χ2v) is 9.06. The summed E-state index contributed by atoms with van der Waals surface area (Å²) in [5, 5.41) is 6.60. The monoisotopic (exact) mass is 471 g/mol. The van der Waals surface area contributed by atoms with Crippen molar-refractivity contribution in [1.82, 2.24) is 10.3 Å². The van der Waals surface area contributed by atoms with Crippen LogP contribution in [0, 0.1) is 0 Å². The maximum atomic E-state index is 12.5. The maximum absolute atomic E-state index is 12.5. The predicted octanol–water partition coefficient (Wildman–Crippen LogP) is 4.71. The Kier molecular flexibility index (Phi) is 7.50. The summed E-state index contributed by atoms with van der Waals surface area (Å²) in [5.74, 6) is 1.62. The molecule has 0 aliphatic carbocycles. The number of thiazole rings is 1. The molecule has 2 heterocycles. The molecule has 0 radical (unpaired) electrons. The number of methoxy groups -OCH3 is 1. The molecule has 1 aromatic heterocycles. The largest absolute Gasteiger partial charge is 0.497 e. The number of rotatable bonds is 8. The third-order valence-corrected chi connectivity index (χ3v) is 6.54. The fourth-order valence-electron chi connectivity index (χ4n) is 3.69. The molecule has 0 bridgehead atoms. The van der Waals surface area contributed by atoms with Crippen molar-refractivity contribution in [3.63, 3.8) is 0 Å². The van der Waals surface area contributed by atoms with Crippen LogP contribution >= 0.6 is 22.9 Å². The van der Waals surface area contributed by atoms with Gasteiger partial charge < -0.3 is 19.7 Å². The molecule has 2 aromatic carbocycles. The van der Waals surface area contributed by atoms with E-state index in [1.165, 1.54) is 17.0 Å². The average molecular weight is 472 g/mol. The Morgan fingerprint density at radius 3 is 2.50 bits per heavy atom. The number of halogens is 1. The Labute approximate surface area is 197 Å². The second kappa shape index (κ2) is 10.7. The number of carbonyl (C=O) groups excluding carboxylic acids is 1. The number of hydrogen-bond donors (Lipinski definition) is 1. The Morgan fingerprint density at radius 2 is 1.81 bits per heavy atom. The molecule has 3 aromatic rings. The Bertz CT molecular complexity index is 1020. The zero-order valence-electron chi connectivity index (χ0n) is 17.9. The highest BCUT2D eigenvalue weighted by Crippen LogP contribution is 2.23. The predicted molar refractivity (Wildman–Crippen MR) is 128 cm³/mol. The van der Waals surface area contributed by atoms with E-state index in [1.54, 1.807) is 19.2 Å². The number of ether oxygens (including phenoxy) is 2. The zero-order valence-corrected chi connectivity index (χ0v) is 19.5. The molecule has 6 nitrogen and oxygen atoms in total. The quantitative estimate of drug-likeness (QED) is 0.515. The fourth-order valence-corrected chi connectivity index (χ4v) is 4.52. The lowest BCUT2D eigenvalue weighted by Gasteiger charge is -2.34. The molecular formula is C24H26ClN3O3S. The van der Waals surface area contributed by atoms with Gasteiger partial charge in [0, 0.05) is 35.2 Å². The van der Waals surface area contributed by atoms with E-state index in [0.29, 0.717) is 11.6 Å². The summed E-state index contributed by atoms with van der Waals surface area (Å²) in [5.41, 5.74) is 1.96. The molecule has 0 atom stereocenters. The summed E-state index contributed by atoms with van der Waals surface area (Å²) < 4.78 is 10.9. The maximum Gasteiger partial charge on any atom is 0.226 e. The molecule has 32 heavy (non-hydrogen) atoms. The topological polar surface area (TPSA) is 63.7 Å². The van der Waals surface area contributed by atoms with E-state index >= 15 is 0 Å². The SMILES string of the molecule is COc1ccc(N2CCC(NC(=O)Cc3csc(COc4ccc(Cl)cc4)n3)CC2)cc1. The van der Waals surface area contributed by atoms with E-state index in [4.69, 9.17) is 21.1 Å². The van der Waals surface area contributed by atoms with E-state index < -0.39 is 0 Å². The van der Waals surface area contributed by atoms with Crippen molar-refractivity contribution in [3.05, 3.63) is 69.6 Å². The van der Waals surface area contributed by atoms with Crippen LogP contribution < -0.4 is 19.7 Å². The van der Waals surface area contributed by atoms with E-state index in [-0.39, 0.29) is 18.4 Å². The number of hydrogen-bond acceptors (Lipinski definition) is 6. The van der Waals surface area contributed by atoms with Gasteiger partial charge in [-0.3, -0.25) is 4.79 Å². The Balaban J connectivity index is 1.20. The van der Waals surface area contributed by atoms with Gasteiger partial charge in [-0.2, -0.15) is 0 Å². The standard InChI is InChI=1S/C24H26ClN3O3S/c1-30-21-8-4-20(5-9-21)28-12-10-18(11-13-28)26-23(29)14-19-16-32-24(27-19)15-31-22-6-2-17(25)3-7-22/h2-9,16,18H,10-15H2,1H3,(H,26,29). The molecule has 1 aliphatic heterocycles. The molecule has 1 aliphatic rings. The van der Waals surface area contributed by atoms with Crippen LogP contribution in [0.2, 0.25) is 5.02 Å². The van der Waals surface area contributed by atoms with Crippen LogP contribution in [0.25, 0.3) is 0 Å². The molecule has 1 saturated heterocycles. The minimum atomic E-state index is 0.0170. The van der Waals surface area contributed by atoms with E-state index in [9.17, 15) is 4.79 Å². The van der Waals surface area contributed by atoms with Gasteiger partial charge in [-0.05, 0) is 61.4 Å². The molecule has 168 valence electrons. The molecule has 0 spiro atoms. The van der Waals surface area contributed by atoms with Crippen molar-refractivity contribution >= 4 is 34.5 Å². The number of benzene rings is 2. The fraction of sp³-hybridized carbons (Fsp3) is 0.333. The van der Waals surface area contributed by atoms with Gasteiger partial charge in [0.1, 0.15) is 23.1 Å². The summed E-state index contributed by atoms with van der Waals surface area (Å²) in [6.45, 7) is 2.21. The molecule has 1 N–H and O–H groups in total. The summed E-state index contributed by atoms with van der Waals surface area (Å²) in [6, 6.07) is 15.5. The molecule has 0 saturated carbocycles. The number of anilines is 1. The van der Waals surface area contributed by atoms with E-state index in [1.807, 2.05) is 29.6 Å².